The number of allylic oxidation sites excluding steroid dienone is 3. The predicted octanol–water partition coefficient (Wildman–Crippen LogP) is 3.42. The van der Waals surface area contributed by atoms with Crippen LogP contribution in [0.2, 0.25) is 0 Å². The quantitative estimate of drug-likeness (QED) is 0.462. The Morgan fingerprint density at radius 2 is 1.46 bits per heavy atom. The van der Waals surface area contributed by atoms with Gasteiger partial charge in [0.2, 0.25) is 0 Å². The van der Waals surface area contributed by atoms with Gasteiger partial charge in [-0.05, 0) is 67.4 Å². The number of hydrogen-bond donors (Lipinski definition) is 1. The van der Waals surface area contributed by atoms with Crippen LogP contribution in [0.5, 0.6) is 0 Å². The third kappa shape index (κ3) is 3.42. The summed E-state index contributed by atoms with van der Waals surface area (Å²) in [5, 5.41) is 12.0. The largest absolute Gasteiger partial charge is 0.458 e. The summed E-state index contributed by atoms with van der Waals surface area (Å²) in [7, 11) is 0. The predicted molar refractivity (Wildman–Crippen MR) is 133 cm³/mol. The van der Waals surface area contributed by atoms with Crippen LogP contribution < -0.4 is 0 Å². The maximum atomic E-state index is 13.3. The number of ketones is 2. The van der Waals surface area contributed by atoms with Gasteiger partial charge in [-0.15, -0.1) is 0 Å². The molecule has 2 aliphatic heterocycles. The second-order valence-electron chi connectivity index (χ2n) is 12.7. The fourth-order valence-electron chi connectivity index (χ4n) is 8.46. The Morgan fingerprint density at radius 1 is 0.892 bits per heavy atom. The Morgan fingerprint density at radius 3 is 2.11 bits per heavy atom. The molecule has 0 amide bonds. The highest BCUT2D eigenvalue weighted by atomic mass is 16.6. The maximum absolute atomic E-state index is 13.3. The van der Waals surface area contributed by atoms with E-state index in [9.17, 15) is 24.3 Å². The van der Waals surface area contributed by atoms with Crippen molar-refractivity contribution in [1.29, 1.82) is 0 Å². The summed E-state index contributed by atoms with van der Waals surface area (Å²) < 4.78 is 11.1. The van der Waals surface area contributed by atoms with Crippen molar-refractivity contribution in [2.45, 2.75) is 70.2 Å². The number of fused-ring (bicyclic) bond motifs is 4. The molecule has 0 unspecified atom stereocenters. The first-order chi connectivity index (χ1) is 17.4. The lowest BCUT2D eigenvalue weighted by Crippen LogP contribution is -2.58. The van der Waals surface area contributed by atoms with Crippen LogP contribution in [0, 0.1) is 40.4 Å². The van der Waals surface area contributed by atoms with Crippen LogP contribution in [0.15, 0.2) is 48.6 Å². The van der Waals surface area contributed by atoms with Crippen molar-refractivity contribution < 1.29 is 33.8 Å². The second kappa shape index (κ2) is 7.85. The van der Waals surface area contributed by atoms with Crippen molar-refractivity contribution in [3.05, 3.63) is 48.6 Å². The highest BCUT2D eigenvalue weighted by Crippen LogP contribution is 2.58. The summed E-state index contributed by atoms with van der Waals surface area (Å²) in [6.07, 6.45) is 9.06. The molecule has 6 aliphatic rings. The van der Waals surface area contributed by atoms with E-state index in [4.69, 9.17) is 9.47 Å². The molecule has 6 rings (SSSR count). The van der Waals surface area contributed by atoms with Gasteiger partial charge in [0, 0.05) is 34.8 Å². The number of ether oxygens (including phenoxy) is 2. The number of aliphatic hydroxyl groups is 1. The van der Waals surface area contributed by atoms with E-state index in [-0.39, 0.29) is 65.3 Å². The fraction of sp³-hybridized carbons (Fsp3) is 0.600. The monoisotopic (exact) mass is 506 g/mol. The zero-order valence-corrected chi connectivity index (χ0v) is 21.4. The van der Waals surface area contributed by atoms with E-state index in [2.05, 4.69) is 20.1 Å². The third-order valence-corrected chi connectivity index (χ3v) is 10.7. The van der Waals surface area contributed by atoms with E-state index in [1.807, 2.05) is 19.1 Å². The average molecular weight is 507 g/mol. The standard InChI is InChI=1S/C30H34O7/c1-15-18-11-20-17(21(31)6-8-28(20,3)13-22(18)36-26(15)33)5-10-30(35)24-12-19-16(2)27(34)37-23(19)14-29(24,4)9-7-25(30)32/h6-9,17-20,22-24,35H,1-2,5,10-14H2,3-4H3/t17-,18+,19+,20-,22+,23+,24+,28+,29+,30+/m0/s1. The molecule has 0 aromatic heterocycles. The highest BCUT2D eigenvalue weighted by molar-refractivity contribution is 5.99. The van der Waals surface area contributed by atoms with Gasteiger partial charge in [-0.2, -0.15) is 0 Å². The highest BCUT2D eigenvalue weighted by Gasteiger charge is 2.61. The molecule has 1 N–H and O–H groups in total. The van der Waals surface area contributed by atoms with Crippen LogP contribution in [0.25, 0.3) is 0 Å². The van der Waals surface area contributed by atoms with Crippen molar-refractivity contribution in [3.63, 3.8) is 0 Å². The lowest BCUT2D eigenvalue weighted by molar-refractivity contribution is -0.160. The van der Waals surface area contributed by atoms with Crippen LogP contribution in [-0.4, -0.2) is 46.4 Å². The number of rotatable bonds is 3. The van der Waals surface area contributed by atoms with E-state index in [0.717, 1.165) is 0 Å². The molecule has 0 spiro atoms. The normalized spacial score (nSPS) is 48.2. The molecule has 7 nitrogen and oxygen atoms in total. The molecule has 37 heavy (non-hydrogen) atoms. The molecule has 0 bridgehead atoms. The van der Waals surface area contributed by atoms with E-state index in [1.54, 1.807) is 6.08 Å². The lowest BCUT2D eigenvalue weighted by Gasteiger charge is -2.53. The Hall–Kier alpha value is -2.80. The summed E-state index contributed by atoms with van der Waals surface area (Å²) in [5.74, 6) is -2.28. The first-order valence-corrected chi connectivity index (χ1v) is 13.3. The zero-order chi connectivity index (χ0) is 26.5. The van der Waals surface area contributed by atoms with E-state index < -0.39 is 22.9 Å². The van der Waals surface area contributed by atoms with Crippen LogP contribution in [-0.2, 0) is 28.7 Å². The minimum Gasteiger partial charge on any atom is -0.458 e. The van der Waals surface area contributed by atoms with E-state index >= 15 is 0 Å². The molecule has 7 heteroatoms. The number of hydrogen-bond acceptors (Lipinski definition) is 7. The number of carbonyl (C=O) groups is 4. The molecular weight excluding hydrogens is 472 g/mol. The van der Waals surface area contributed by atoms with Gasteiger partial charge in [-0.25, -0.2) is 9.59 Å². The summed E-state index contributed by atoms with van der Waals surface area (Å²) >= 11 is 0. The molecule has 4 aliphatic carbocycles. The van der Waals surface area contributed by atoms with Crippen LogP contribution in [0.1, 0.15) is 52.4 Å². The smallest absolute Gasteiger partial charge is 0.334 e. The molecule has 0 radical (unpaired) electrons. The lowest BCUT2D eigenvalue weighted by atomic mass is 9.52. The van der Waals surface area contributed by atoms with Gasteiger partial charge >= 0.3 is 11.9 Å². The Labute approximate surface area is 216 Å². The molecule has 10 atom stereocenters. The topological polar surface area (TPSA) is 107 Å². The number of carbonyl (C=O) groups excluding carboxylic acids is 4. The van der Waals surface area contributed by atoms with Crippen molar-refractivity contribution in [2.24, 2.45) is 40.4 Å². The SMILES string of the molecule is C=C1C(=O)O[C@@H]2C[C@@]3(C)C=CC(=O)[C@@](O)(CC[C@@H]4C(=O)C=C[C@]5(C)C[C@H]6OC(=O)C(=C)[C@H]6C[C@@H]45)[C@@H]3C[C@H]12. The van der Waals surface area contributed by atoms with Crippen molar-refractivity contribution in [1.82, 2.24) is 0 Å². The maximum Gasteiger partial charge on any atom is 0.334 e. The second-order valence-corrected chi connectivity index (χ2v) is 12.7. The average Bonchev–Trinajstić information content (AvgIpc) is 3.27. The van der Waals surface area contributed by atoms with Crippen LogP contribution in [0.4, 0.5) is 0 Å². The Balaban J connectivity index is 1.27. The van der Waals surface area contributed by atoms with Gasteiger partial charge in [0.25, 0.3) is 0 Å². The van der Waals surface area contributed by atoms with Gasteiger partial charge in [-0.1, -0.05) is 39.2 Å². The summed E-state index contributed by atoms with van der Waals surface area (Å²) in [6.45, 7) is 12.0. The van der Waals surface area contributed by atoms with Gasteiger partial charge in [-0.3, -0.25) is 9.59 Å². The molecular formula is C30H34O7. The Bertz CT molecular complexity index is 1210. The van der Waals surface area contributed by atoms with E-state index in [0.29, 0.717) is 43.3 Å². The third-order valence-electron chi connectivity index (χ3n) is 10.7. The Kier molecular flexibility index (Phi) is 5.21. The van der Waals surface area contributed by atoms with E-state index in [1.165, 1.54) is 6.08 Å². The molecule has 2 saturated heterocycles. The summed E-state index contributed by atoms with van der Waals surface area (Å²) in [6, 6.07) is 0. The molecule has 196 valence electrons. The molecule has 2 heterocycles. The molecule has 0 aromatic rings. The van der Waals surface area contributed by atoms with Crippen molar-refractivity contribution >= 4 is 23.5 Å². The first-order valence-electron chi connectivity index (χ1n) is 13.3. The van der Waals surface area contributed by atoms with Gasteiger partial charge in [0.05, 0.1) is 0 Å². The minimum absolute atomic E-state index is 0.00573. The van der Waals surface area contributed by atoms with Crippen molar-refractivity contribution in [2.75, 3.05) is 0 Å². The minimum atomic E-state index is -1.65. The molecule has 4 fully saturated rings. The zero-order valence-electron chi connectivity index (χ0n) is 21.4. The van der Waals surface area contributed by atoms with Gasteiger partial charge in [0.15, 0.2) is 11.6 Å². The van der Waals surface area contributed by atoms with Crippen LogP contribution in [0.3, 0.4) is 0 Å². The van der Waals surface area contributed by atoms with Gasteiger partial charge < -0.3 is 14.6 Å². The summed E-state index contributed by atoms with van der Waals surface area (Å²) in [5.41, 5.74) is -1.61. The number of esters is 2. The fourth-order valence-corrected chi connectivity index (χ4v) is 8.46. The molecule has 0 aromatic carbocycles. The molecule has 2 saturated carbocycles. The van der Waals surface area contributed by atoms with Gasteiger partial charge in [0.1, 0.15) is 17.8 Å². The van der Waals surface area contributed by atoms with Crippen LogP contribution >= 0.6 is 0 Å². The van der Waals surface area contributed by atoms with Crippen molar-refractivity contribution in [3.8, 4) is 0 Å². The summed E-state index contributed by atoms with van der Waals surface area (Å²) in [4.78, 5) is 50.8. The first kappa shape index (κ1) is 24.5.